The third kappa shape index (κ3) is 20.4. The zero-order valence-electron chi connectivity index (χ0n) is 39.7. The van der Waals surface area contributed by atoms with Crippen molar-refractivity contribution in [1.29, 1.82) is 0 Å². The normalized spacial score (nSPS) is 12.1. The van der Waals surface area contributed by atoms with Gasteiger partial charge in [0.25, 0.3) is 0 Å². The smallest absolute Gasteiger partial charge is 0.242 e. The van der Waals surface area contributed by atoms with Gasteiger partial charge in [0.1, 0.15) is 12.1 Å². The zero-order valence-corrected chi connectivity index (χ0v) is 41.3. The number of thiocarbonyl (C=S) groups is 1. The summed E-state index contributed by atoms with van der Waals surface area (Å²) in [4.78, 5) is 69.9. The maximum absolute atomic E-state index is 13.4. The Bertz CT molecular complexity index is 2470. The average Bonchev–Trinajstić information content (AvgIpc) is 3.32. The van der Waals surface area contributed by atoms with E-state index in [9.17, 15) is 32.4 Å². The lowest BCUT2D eigenvalue weighted by atomic mass is 10.0. The molecule has 6 N–H and O–H groups in total. The van der Waals surface area contributed by atoms with Gasteiger partial charge in [0.15, 0.2) is 9.84 Å². The standard InChI is InChI=1S/C50H67N7O10S2/c1-57(2)44-18-9-15-41-40(44)14-10-19-45(41)69(63,64)33-11-27-65-29-23-47(59)55-42(49(51)61)16-5-8-25-54-50(62)43(56-48(60)35-37-20-21-38-12-3-4-13-39(38)34-37)17-6-7-24-53-46(58)22-28-66-31-32-67-30-26-52-36-68/h3-4,9-10,12-15,18-21,34,42-43H,5-8,11,16-17,22-33,35H2,1-2H3,(H2,51,61)(H,53,58)(H,54,62)(H,55,59)(H,56,60). The Hall–Kier alpha value is -5.82. The van der Waals surface area contributed by atoms with E-state index in [0.29, 0.717) is 70.4 Å². The number of rotatable bonds is 34. The predicted molar refractivity (Wildman–Crippen MR) is 271 cm³/mol. The number of ether oxygens (including phenoxy) is 3. The number of hydrogen-bond donors (Lipinski definition) is 5. The Morgan fingerprint density at radius 2 is 1.32 bits per heavy atom. The Labute approximate surface area is 410 Å². The number of sulfone groups is 1. The van der Waals surface area contributed by atoms with Crippen LogP contribution in [0.5, 0.6) is 0 Å². The fraction of sp³-hybridized carbons (Fsp3) is 0.480. The van der Waals surface area contributed by atoms with Gasteiger partial charge in [-0.2, -0.15) is 0 Å². The molecular formula is C50H67N7O10S2. The molecule has 4 aromatic rings. The molecule has 17 nitrogen and oxygen atoms in total. The second-order valence-corrected chi connectivity index (χ2v) is 18.9. The van der Waals surface area contributed by atoms with Crippen LogP contribution in [0.3, 0.4) is 0 Å². The van der Waals surface area contributed by atoms with Crippen molar-refractivity contribution in [2.45, 2.75) is 81.2 Å². The first-order valence-corrected chi connectivity index (χ1v) is 25.4. The first-order valence-electron chi connectivity index (χ1n) is 23.4. The number of aliphatic imine (C=N–C) groups is 1. The minimum absolute atomic E-state index is 0.0262. The van der Waals surface area contributed by atoms with E-state index in [2.05, 4.69) is 43.6 Å². The molecule has 69 heavy (non-hydrogen) atoms. The highest BCUT2D eigenvalue weighted by molar-refractivity contribution is 7.91. The molecule has 2 unspecified atom stereocenters. The third-order valence-corrected chi connectivity index (χ3v) is 13.1. The number of carbonyl (C=O) groups is 5. The first kappa shape index (κ1) is 55.8. The molecule has 0 saturated heterocycles. The van der Waals surface area contributed by atoms with Crippen LogP contribution >= 0.6 is 12.2 Å². The van der Waals surface area contributed by atoms with Gasteiger partial charge in [0.05, 0.1) is 61.8 Å². The van der Waals surface area contributed by atoms with Crippen molar-refractivity contribution in [3.8, 4) is 0 Å². The number of carbonyl (C=O) groups excluding carboxylic acids is 5. The van der Waals surface area contributed by atoms with Gasteiger partial charge in [-0.3, -0.25) is 24.0 Å². The van der Waals surface area contributed by atoms with Gasteiger partial charge < -0.3 is 46.1 Å². The number of hydrogen-bond acceptors (Lipinski definition) is 13. The number of isothiocyanates is 1. The molecule has 0 aliphatic rings. The average molecular weight is 990 g/mol. The van der Waals surface area contributed by atoms with E-state index in [0.717, 1.165) is 27.4 Å². The molecule has 0 aliphatic heterocycles. The molecular weight excluding hydrogens is 923 g/mol. The molecule has 0 aliphatic carbocycles. The van der Waals surface area contributed by atoms with Crippen molar-refractivity contribution >= 4 is 84.0 Å². The highest BCUT2D eigenvalue weighted by Crippen LogP contribution is 2.31. The molecule has 0 heterocycles. The molecule has 374 valence electrons. The number of nitrogens with one attached hydrogen (secondary N) is 4. The van der Waals surface area contributed by atoms with Crippen molar-refractivity contribution in [2.24, 2.45) is 10.7 Å². The topological polar surface area (TPSA) is 237 Å². The molecule has 0 saturated carbocycles. The summed E-state index contributed by atoms with van der Waals surface area (Å²) in [7, 11) is 0.204. The quantitative estimate of drug-likeness (QED) is 0.0249. The minimum atomic E-state index is -3.61. The van der Waals surface area contributed by atoms with Crippen molar-refractivity contribution in [3.63, 3.8) is 0 Å². The van der Waals surface area contributed by atoms with Crippen LogP contribution in [-0.4, -0.2) is 134 Å². The fourth-order valence-electron chi connectivity index (χ4n) is 7.49. The minimum Gasteiger partial charge on any atom is -0.381 e. The molecule has 0 spiro atoms. The summed E-state index contributed by atoms with van der Waals surface area (Å²) < 4.78 is 42.9. The molecule has 4 aromatic carbocycles. The van der Waals surface area contributed by atoms with Crippen LogP contribution in [0, 0.1) is 0 Å². The highest BCUT2D eigenvalue weighted by atomic mass is 32.2. The molecule has 0 radical (unpaired) electrons. The lowest BCUT2D eigenvalue weighted by molar-refractivity contribution is -0.129. The van der Waals surface area contributed by atoms with E-state index in [1.807, 2.05) is 79.7 Å². The van der Waals surface area contributed by atoms with Gasteiger partial charge in [-0.25, -0.2) is 13.4 Å². The Morgan fingerprint density at radius 3 is 2.04 bits per heavy atom. The Kier molecular flexibility index (Phi) is 24.8. The summed E-state index contributed by atoms with van der Waals surface area (Å²) in [5, 5.41) is 17.1. The number of unbranched alkanes of at least 4 members (excludes halogenated alkanes) is 2. The van der Waals surface area contributed by atoms with Crippen LogP contribution in [0.4, 0.5) is 5.69 Å². The fourth-order valence-corrected chi connectivity index (χ4v) is 9.10. The molecule has 0 aromatic heterocycles. The Balaban J connectivity index is 1.15. The summed E-state index contributed by atoms with van der Waals surface area (Å²) in [6.45, 7) is 2.63. The van der Waals surface area contributed by atoms with Crippen LogP contribution in [0.25, 0.3) is 21.5 Å². The van der Waals surface area contributed by atoms with Crippen LogP contribution in [0.15, 0.2) is 88.8 Å². The van der Waals surface area contributed by atoms with Gasteiger partial charge in [-0.1, -0.05) is 66.7 Å². The maximum atomic E-state index is 13.4. The number of benzene rings is 4. The van der Waals surface area contributed by atoms with E-state index in [-0.39, 0.29) is 86.8 Å². The van der Waals surface area contributed by atoms with Crippen molar-refractivity contribution < 1.29 is 46.6 Å². The van der Waals surface area contributed by atoms with Crippen molar-refractivity contribution in [3.05, 3.63) is 84.4 Å². The zero-order chi connectivity index (χ0) is 49.9. The van der Waals surface area contributed by atoms with Crippen molar-refractivity contribution in [1.82, 2.24) is 21.3 Å². The van der Waals surface area contributed by atoms with Crippen LogP contribution in [0.2, 0.25) is 0 Å². The van der Waals surface area contributed by atoms with Crippen molar-refractivity contribution in [2.75, 3.05) is 84.0 Å². The summed E-state index contributed by atoms with van der Waals surface area (Å²) >= 11 is 4.50. The lowest BCUT2D eigenvalue weighted by Gasteiger charge is -2.19. The molecule has 5 amide bonds. The number of anilines is 1. The second kappa shape index (κ2) is 30.6. The number of nitrogens with zero attached hydrogens (tertiary/aromatic N) is 2. The van der Waals surface area contributed by atoms with E-state index >= 15 is 0 Å². The van der Waals surface area contributed by atoms with E-state index in [1.165, 1.54) is 0 Å². The number of amides is 5. The third-order valence-electron chi connectivity index (χ3n) is 11.1. The lowest BCUT2D eigenvalue weighted by Crippen LogP contribution is -2.47. The monoisotopic (exact) mass is 989 g/mol. The SMILES string of the molecule is CN(C)c1cccc2c(S(=O)(=O)CCCOCCC(=O)NC(CCCCNC(=O)C(CCCCNC(=O)CCOCCOCCN=C=S)NC(=O)Cc3ccc4ccccc4c3)C(N)=O)cccc12. The first-order chi connectivity index (χ1) is 33.3. The summed E-state index contributed by atoms with van der Waals surface area (Å²) in [6, 6.07) is 22.7. The Morgan fingerprint density at radius 1 is 0.681 bits per heavy atom. The summed E-state index contributed by atoms with van der Waals surface area (Å²) in [6.07, 6.45) is 3.08. The molecule has 0 fully saturated rings. The van der Waals surface area contributed by atoms with Gasteiger partial charge in [-0.05, 0) is 85.6 Å². The summed E-state index contributed by atoms with van der Waals surface area (Å²) in [5.74, 6) is -2.09. The van der Waals surface area contributed by atoms with E-state index in [4.69, 9.17) is 19.9 Å². The molecule has 19 heteroatoms. The maximum Gasteiger partial charge on any atom is 0.242 e. The van der Waals surface area contributed by atoms with Gasteiger partial charge in [0, 0.05) is 63.1 Å². The van der Waals surface area contributed by atoms with Gasteiger partial charge >= 0.3 is 0 Å². The largest absolute Gasteiger partial charge is 0.381 e. The predicted octanol–water partition coefficient (Wildman–Crippen LogP) is 4.43. The highest BCUT2D eigenvalue weighted by Gasteiger charge is 2.22. The number of nitrogens with two attached hydrogens (primary N) is 1. The molecule has 0 bridgehead atoms. The van der Waals surface area contributed by atoms with E-state index < -0.39 is 33.7 Å². The number of primary amides is 1. The second-order valence-electron chi connectivity index (χ2n) is 16.6. The van der Waals surface area contributed by atoms with Gasteiger partial charge in [0.2, 0.25) is 29.5 Å². The summed E-state index contributed by atoms with van der Waals surface area (Å²) in [5.41, 5.74) is 7.33. The molecule has 2 atom stereocenters. The molecule has 4 rings (SSSR count). The van der Waals surface area contributed by atoms with Gasteiger partial charge in [-0.15, -0.1) is 0 Å². The van der Waals surface area contributed by atoms with Crippen LogP contribution in [0.1, 0.15) is 63.4 Å². The van der Waals surface area contributed by atoms with Crippen LogP contribution < -0.4 is 31.9 Å². The van der Waals surface area contributed by atoms with Crippen LogP contribution in [-0.2, 0) is 54.4 Å². The number of fused-ring (bicyclic) bond motifs is 2. The van der Waals surface area contributed by atoms with E-state index in [1.54, 1.807) is 18.2 Å².